The molecule has 5 heteroatoms. The minimum Gasteiger partial charge on any atom is -0.353 e. The quantitative estimate of drug-likeness (QED) is 0.874. The van der Waals surface area contributed by atoms with E-state index in [1.54, 1.807) is 6.07 Å². The Labute approximate surface area is 155 Å². The van der Waals surface area contributed by atoms with Crippen LogP contribution in [0, 0.1) is 11.7 Å². The van der Waals surface area contributed by atoms with Crippen molar-refractivity contribution >= 4 is 11.8 Å². The van der Waals surface area contributed by atoms with E-state index in [0.29, 0.717) is 18.7 Å². The molecule has 0 spiro atoms. The molecule has 0 bridgehead atoms. The molecule has 1 aromatic carbocycles. The lowest BCUT2D eigenvalue weighted by molar-refractivity contribution is -0.137. The van der Waals surface area contributed by atoms with Crippen molar-refractivity contribution in [3.63, 3.8) is 0 Å². The number of hydrogen-bond donors (Lipinski definition) is 1. The van der Waals surface area contributed by atoms with Gasteiger partial charge >= 0.3 is 0 Å². The average molecular weight is 360 g/mol. The van der Waals surface area contributed by atoms with Crippen molar-refractivity contribution in [1.82, 2.24) is 10.2 Å². The Kier molecular flexibility index (Phi) is 6.64. The number of benzene rings is 1. The normalized spacial score (nSPS) is 19.3. The zero-order valence-corrected chi connectivity index (χ0v) is 15.4. The third-order valence-corrected chi connectivity index (χ3v) is 5.66. The van der Waals surface area contributed by atoms with E-state index in [2.05, 4.69) is 5.32 Å². The van der Waals surface area contributed by atoms with Gasteiger partial charge in [0, 0.05) is 31.5 Å². The molecule has 2 amide bonds. The summed E-state index contributed by atoms with van der Waals surface area (Å²) in [6.45, 7) is 1.48. The average Bonchev–Trinajstić information content (AvgIpc) is 2.67. The van der Waals surface area contributed by atoms with Gasteiger partial charge in [-0.15, -0.1) is 0 Å². The van der Waals surface area contributed by atoms with Crippen LogP contribution >= 0.6 is 0 Å². The van der Waals surface area contributed by atoms with Crippen LogP contribution in [0.25, 0.3) is 0 Å². The van der Waals surface area contributed by atoms with Crippen LogP contribution < -0.4 is 5.32 Å². The summed E-state index contributed by atoms with van der Waals surface area (Å²) in [5.41, 5.74) is 0.841. The molecule has 3 rings (SSSR count). The van der Waals surface area contributed by atoms with Gasteiger partial charge in [0.2, 0.25) is 11.8 Å². The monoisotopic (exact) mass is 360 g/mol. The number of rotatable bonds is 5. The van der Waals surface area contributed by atoms with E-state index in [-0.39, 0.29) is 23.7 Å². The van der Waals surface area contributed by atoms with Gasteiger partial charge in [0.05, 0.1) is 0 Å². The fraction of sp³-hybridized carbons (Fsp3) is 0.619. The Balaban J connectivity index is 1.38. The van der Waals surface area contributed by atoms with Crippen LogP contribution in [0.4, 0.5) is 4.39 Å². The number of likely N-dealkylation sites (tertiary alicyclic amines) is 1. The largest absolute Gasteiger partial charge is 0.353 e. The fourth-order valence-corrected chi connectivity index (χ4v) is 4.10. The maximum atomic E-state index is 13.2. The highest BCUT2D eigenvalue weighted by Gasteiger charge is 2.29. The van der Waals surface area contributed by atoms with E-state index in [1.807, 2.05) is 11.0 Å². The molecule has 2 fully saturated rings. The van der Waals surface area contributed by atoms with Gasteiger partial charge in [-0.05, 0) is 49.8 Å². The zero-order chi connectivity index (χ0) is 18.4. The highest BCUT2D eigenvalue weighted by atomic mass is 19.1. The second kappa shape index (κ2) is 9.15. The number of amides is 2. The standard InChI is InChI=1S/C21H29FN2O2/c22-18-8-4-5-16(15-18)9-10-20(25)23-19-11-13-24(14-12-19)21(26)17-6-2-1-3-7-17/h4-5,8,15,17,19H,1-3,6-7,9-14H2,(H,23,25). The van der Waals surface area contributed by atoms with Crippen LogP contribution in [0.3, 0.4) is 0 Å². The number of carbonyl (C=O) groups excluding carboxylic acids is 2. The Morgan fingerprint density at radius 2 is 1.81 bits per heavy atom. The molecule has 0 radical (unpaired) electrons. The van der Waals surface area contributed by atoms with E-state index in [0.717, 1.165) is 44.3 Å². The summed E-state index contributed by atoms with van der Waals surface area (Å²) in [5.74, 6) is 0.283. The summed E-state index contributed by atoms with van der Waals surface area (Å²) in [4.78, 5) is 26.7. The Morgan fingerprint density at radius 3 is 2.50 bits per heavy atom. The van der Waals surface area contributed by atoms with Gasteiger partial charge in [-0.25, -0.2) is 4.39 Å². The number of hydrogen-bond acceptors (Lipinski definition) is 2. The lowest BCUT2D eigenvalue weighted by Gasteiger charge is -2.35. The Hall–Kier alpha value is -1.91. The number of piperidine rings is 1. The molecule has 1 aliphatic carbocycles. The second-order valence-corrected chi connectivity index (χ2v) is 7.63. The summed E-state index contributed by atoms with van der Waals surface area (Å²) in [5, 5.41) is 3.07. The van der Waals surface area contributed by atoms with Gasteiger partial charge < -0.3 is 10.2 Å². The summed E-state index contributed by atoms with van der Waals surface area (Å²) in [7, 11) is 0. The molecule has 0 aromatic heterocycles. The van der Waals surface area contributed by atoms with Gasteiger partial charge in [0.1, 0.15) is 5.82 Å². The van der Waals surface area contributed by atoms with Crippen LogP contribution in [0.1, 0.15) is 56.9 Å². The minimum absolute atomic E-state index is 0.00585. The topological polar surface area (TPSA) is 49.4 Å². The maximum Gasteiger partial charge on any atom is 0.225 e. The third-order valence-electron chi connectivity index (χ3n) is 5.66. The molecule has 1 aliphatic heterocycles. The van der Waals surface area contributed by atoms with Crippen LogP contribution in [-0.4, -0.2) is 35.8 Å². The van der Waals surface area contributed by atoms with E-state index in [9.17, 15) is 14.0 Å². The third kappa shape index (κ3) is 5.29. The molecule has 1 N–H and O–H groups in total. The molecule has 1 saturated carbocycles. The molecule has 26 heavy (non-hydrogen) atoms. The van der Waals surface area contributed by atoms with Crippen LogP contribution in [0.2, 0.25) is 0 Å². The van der Waals surface area contributed by atoms with Gasteiger partial charge in [-0.1, -0.05) is 31.4 Å². The van der Waals surface area contributed by atoms with Crippen molar-refractivity contribution in [2.45, 2.75) is 63.8 Å². The molecule has 0 atom stereocenters. The molecule has 4 nitrogen and oxygen atoms in total. The van der Waals surface area contributed by atoms with E-state index < -0.39 is 0 Å². The first kappa shape index (κ1) is 18.9. The zero-order valence-electron chi connectivity index (χ0n) is 15.4. The number of carbonyl (C=O) groups is 2. The van der Waals surface area contributed by atoms with E-state index in [4.69, 9.17) is 0 Å². The summed E-state index contributed by atoms with van der Waals surface area (Å²) >= 11 is 0. The van der Waals surface area contributed by atoms with Crippen molar-refractivity contribution in [1.29, 1.82) is 0 Å². The highest BCUT2D eigenvalue weighted by molar-refractivity contribution is 5.79. The first-order valence-corrected chi connectivity index (χ1v) is 9.94. The van der Waals surface area contributed by atoms with Crippen molar-refractivity contribution in [3.8, 4) is 0 Å². The van der Waals surface area contributed by atoms with Gasteiger partial charge in [0.15, 0.2) is 0 Å². The highest BCUT2D eigenvalue weighted by Crippen LogP contribution is 2.26. The smallest absolute Gasteiger partial charge is 0.225 e. The summed E-state index contributed by atoms with van der Waals surface area (Å²) < 4.78 is 13.2. The van der Waals surface area contributed by atoms with Crippen molar-refractivity contribution < 1.29 is 14.0 Å². The number of nitrogens with one attached hydrogen (secondary N) is 1. The van der Waals surface area contributed by atoms with Crippen LogP contribution in [-0.2, 0) is 16.0 Å². The van der Waals surface area contributed by atoms with Crippen LogP contribution in [0.5, 0.6) is 0 Å². The molecular formula is C21H29FN2O2. The van der Waals surface area contributed by atoms with Crippen molar-refractivity contribution in [2.75, 3.05) is 13.1 Å². The molecule has 2 aliphatic rings. The molecule has 142 valence electrons. The van der Waals surface area contributed by atoms with Crippen molar-refractivity contribution in [2.24, 2.45) is 5.92 Å². The van der Waals surface area contributed by atoms with Crippen LogP contribution in [0.15, 0.2) is 24.3 Å². The fourth-order valence-electron chi connectivity index (χ4n) is 4.10. The number of aryl methyl sites for hydroxylation is 1. The lowest BCUT2D eigenvalue weighted by atomic mass is 9.87. The SMILES string of the molecule is O=C(CCc1cccc(F)c1)NC1CCN(C(=O)C2CCCCC2)CC1. The van der Waals surface area contributed by atoms with E-state index in [1.165, 1.54) is 31.4 Å². The predicted octanol–water partition coefficient (Wildman–Crippen LogP) is 3.45. The first-order chi connectivity index (χ1) is 12.6. The van der Waals surface area contributed by atoms with Crippen molar-refractivity contribution in [3.05, 3.63) is 35.6 Å². The molecule has 1 aromatic rings. The summed E-state index contributed by atoms with van der Waals surface area (Å²) in [6.07, 6.45) is 8.24. The molecule has 0 unspecified atom stereocenters. The van der Waals surface area contributed by atoms with E-state index >= 15 is 0 Å². The first-order valence-electron chi connectivity index (χ1n) is 9.94. The number of nitrogens with zero attached hydrogens (tertiary/aromatic N) is 1. The van der Waals surface area contributed by atoms with Gasteiger partial charge in [-0.2, -0.15) is 0 Å². The Bertz CT molecular complexity index is 620. The minimum atomic E-state index is -0.266. The molecule has 1 heterocycles. The maximum absolute atomic E-state index is 13.2. The Morgan fingerprint density at radius 1 is 1.08 bits per heavy atom. The predicted molar refractivity (Wildman–Crippen MR) is 99.0 cm³/mol. The lowest BCUT2D eigenvalue weighted by Crippen LogP contribution is -2.48. The number of halogens is 1. The molecule has 1 saturated heterocycles. The molecular weight excluding hydrogens is 331 g/mol. The van der Waals surface area contributed by atoms with Gasteiger partial charge in [-0.3, -0.25) is 9.59 Å². The van der Waals surface area contributed by atoms with Gasteiger partial charge in [0.25, 0.3) is 0 Å². The summed E-state index contributed by atoms with van der Waals surface area (Å²) in [6, 6.07) is 6.53. The second-order valence-electron chi connectivity index (χ2n) is 7.63.